The highest BCUT2D eigenvalue weighted by atomic mass is 16.5. The predicted octanol–water partition coefficient (Wildman–Crippen LogP) is 1.23. The maximum Gasteiger partial charge on any atom is 0.270 e. The van der Waals surface area contributed by atoms with Crippen LogP contribution in [0, 0.1) is 5.92 Å². The third-order valence-corrected chi connectivity index (χ3v) is 5.29. The van der Waals surface area contributed by atoms with E-state index in [2.05, 4.69) is 22.1 Å². The Balaban J connectivity index is 1.50. The Kier molecular flexibility index (Phi) is 3.10. The van der Waals surface area contributed by atoms with Gasteiger partial charge in [-0.3, -0.25) is 9.69 Å². The normalized spacial score (nSPS) is 33.4. The summed E-state index contributed by atoms with van der Waals surface area (Å²) in [6.07, 6.45) is 4.94. The monoisotopic (exact) mass is 287 g/mol. The number of hydrogen-bond donors (Lipinski definition) is 1. The van der Waals surface area contributed by atoms with Gasteiger partial charge in [0.25, 0.3) is 5.91 Å². The van der Waals surface area contributed by atoms with Crippen molar-refractivity contribution in [3.8, 4) is 5.75 Å². The highest BCUT2D eigenvalue weighted by Gasteiger charge is 2.40. The smallest absolute Gasteiger partial charge is 0.270 e. The van der Waals surface area contributed by atoms with E-state index in [0.29, 0.717) is 24.3 Å². The number of piperidine rings is 3. The molecule has 2 bridgehead atoms. The summed E-state index contributed by atoms with van der Waals surface area (Å²) in [7, 11) is 0. The molecule has 1 aromatic heterocycles. The molecule has 0 unspecified atom stereocenters. The number of carbonyl (C=O) groups is 1. The molecule has 0 spiro atoms. The molecule has 3 fully saturated rings. The lowest BCUT2D eigenvalue weighted by atomic mass is 9.79. The summed E-state index contributed by atoms with van der Waals surface area (Å²) in [5.41, 5.74) is 1.61. The van der Waals surface area contributed by atoms with Crippen molar-refractivity contribution >= 4 is 5.91 Å². The van der Waals surface area contributed by atoms with E-state index in [9.17, 15) is 4.79 Å². The quantitative estimate of drug-likeness (QED) is 0.889. The first-order valence-electron chi connectivity index (χ1n) is 7.89. The Hall–Kier alpha value is -1.62. The van der Waals surface area contributed by atoms with Gasteiger partial charge in [0.05, 0.1) is 12.8 Å². The Labute approximate surface area is 124 Å². The largest absolute Gasteiger partial charge is 0.491 e. The number of aromatic nitrogens is 1. The first-order chi connectivity index (χ1) is 10.2. The number of hydrogen-bond acceptors (Lipinski definition) is 4. The van der Waals surface area contributed by atoms with Crippen LogP contribution >= 0.6 is 0 Å². The molecule has 5 rings (SSSR count). The van der Waals surface area contributed by atoms with Gasteiger partial charge in [0.1, 0.15) is 11.4 Å². The Bertz CT molecular complexity index is 565. The maximum atomic E-state index is 12.5. The van der Waals surface area contributed by atoms with E-state index in [1.807, 2.05) is 6.07 Å². The minimum Gasteiger partial charge on any atom is -0.491 e. The summed E-state index contributed by atoms with van der Waals surface area (Å²) in [4.78, 5) is 19.2. The molecule has 0 saturated carbocycles. The number of rotatable bonds is 2. The van der Waals surface area contributed by atoms with Gasteiger partial charge in [-0.25, -0.2) is 4.98 Å². The zero-order valence-electron chi connectivity index (χ0n) is 12.3. The van der Waals surface area contributed by atoms with Crippen molar-refractivity contribution in [2.24, 2.45) is 5.92 Å². The molecule has 112 valence electrons. The van der Waals surface area contributed by atoms with Crippen LogP contribution in [-0.2, 0) is 6.42 Å². The van der Waals surface area contributed by atoms with Gasteiger partial charge in [-0.2, -0.15) is 0 Å². The van der Waals surface area contributed by atoms with Crippen molar-refractivity contribution in [2.45, 2.75) is 38.3 Å². The number of amides is 1. The van der Waals surface area contributed by atoms with E-state index in [4.69, 9.17) is 4.74 Å². The molecule has 1 N–H and O–H groups in total. The lowest BCUT2D eigenvalue weighted by molar-refractivity contribution is 0.0216. The van der Waals surface area contributed by atoms with Crippen LogP contribution in [0.5, 0.6) is 5.75 Å². The average Bonchev–Trinajstić information content (AvgIpc) is 2.98. The molecule has 4 aliphatic rings. The number of fused-ring (bicyclic) bond motifs is 4. The predicted molar refractivity (Wildman–Crippen MR) is 78.4 cm³/mol. The zero-order valence-corrected chi connectivity index (χ0v) is 12.3. The molecule has 0 aliphatic carbocycles. The molecule has 0 aromatic carbocycles. The summed E-state index contributed by atoms with van der Waals surface area (Å²) in [6.45, 7) is 5.26. The SMILES string of the molecule is C[C@H]1[C@H](NC(=O)c2cc3c(cn2)OCC3)C2CCN1CC2. The van der Waals surface area contributed by atoms with E-state index >= 15 is 0 Å². The number of nitrogens with zero attached hydrogens (tertiary/aromatic N) is 2. The van der Waals surface area contributed by atoms with Gasteiger partial charge < -0.3 is 10.1 Å². The summed E-state index contributed by atoms with van der Waals surface area (Å²) in [5.74, 6) is 1.39. The molecule has 3 saturated heterocycles. The van der Waals surface area contributed by atoms with Crippen molar-refractivity contribution in [2.75, 3.05) is 19.7 Å². The van der Waals surface area contributed by atoms with E-state index in [1.165, 1.54) is 25.9 Å². The summed E-state index contributed by atoms with van der Waals surface area (Å²) in [5, 5.41) is 3.22. The summed E-state index contributed by atoms with van der Waals surface area (Å²) in [6, 6.07) is 2.56. The zero-order chi connectivity index (χ0) is 14.4. The highest BCUT2D eigenvalue weighted by molar-refractivity contribution is 5.92. The van der Waals surface area contributed by atoms with Gasteiger partial charge in [0, 0.05) is 24.1 Å². The molecule has 2 atom stereocenters. The second-order valence-electron chi connectivity index (χ2n) is 6.39. The molecule has 1 amide bonds. The lowest BCUT2D eigenvalue weighted by Crippen LogP contribution is -2.62. The van der Waals surface area contributed by atoms with Gasteiger partial charge in [-0.15, -0.1) is 0 Å². The fourth-order valence-corrected chi connectivity index (χ4v) is 3.98. The lowest BCUT2D eigenvalue weighted by Gasteiger charge is -2.49. The summed E-state index contributed by atoms with van der Waals surface area (Å²) < 4.78 is 5.44. The fraction of sp³-hybridized carbons (Fsp3) is 0.625. The van der Waals surface area contributed by atoms with Gasteiger partial charge in [0.2, 0.25) is 0 Å². The molecule has 4 aliphatic heterocycles. The molecule has 5 heterocycles. The van der Waals surface area contributed by atoms with Crippen LogP contribution in [0.2, 0.25) is 0 Å². The molecule has 21 heavy (non-hydrogen) atoms. The molecular formula is C16H21N3O2. The van der Waals surface area contributed by atoms with E-state index in [0.717, 1.165) is 17.7 Å². The van der Waals surface area contributed by atoms with Gasteiger partial charge >= 0.3 is 0 Å². The standard InChI is InChI=1S/C16H21N3O2/c1-10-15(11-2-5-19(10)6-3-11)18-16(20)13-8-12-4-7-21-14(12)9-17-13/h8-11,15H,2-7H2,1H3,(H,18,20)/t10-,15-/m0/s1. The average molecular weight is 287 g/mol. The molecular weight excluding hydrogens is 266 g/mol. The first-order valence-corrected chi connectivity index (χ1v) is 7.89. The molecule has 5 heteroatoms. The Morgan fingerprint density at radius 1 is 1.43 bits per heavy atom. The fourth-order valence-electron chi connectivity index (χ4n) is 3.98. The van der Waals surface area contributed by atoms with Gasteiger partial charge in [-0.05, 0) is 44.8 Å². The van der Waals surface area contributed by atoms with Crippen LogP contribution in [0.15, 0.2) is 12.3 Å². The molecule has 1 aromatic rings. The number of nitrogens with one attached hydrogen (secondary N) is 1. The Morgan fingerprint density at radius 3 is 3.00 bits per heavy atom. The van der Waals surface area contributed by atoms with Crippen LogP contribution < -0.4 is 10.1 Å². The number of carbonyl (C=O) groups excluding carboxylic acids is 1. The van der Waals surface area contributed by atoms with E-state index in [-0.39, 0.29) is 11.9 Å². The highest BCUT2D eigenvalue weighted by Crippen LogP contribution is 2.32. The Morgan fingerprint density at radius 2 is 2.24 bits per heavy atom. The van der Waals surface area contributed by atoms with Gasteiger partial charge in [0.15, 0.2) is 0 Å². The topological polar surface area (TPSA) is 54.5 Å². The van der Waals surface area contributed by atoms with Crippen molar-refractivity contribution in [1.82, 2.24) is 15.2 Å². The van der Waals surface area contributed by atoms with E-state index < -0.39 is 0 Å². The minimum atomic E-state index is -0.0460. The van der Waals surface area contributed by atoms with Crippen LogP contribution in [0.3, 0.4) is 0 Å². The van der Waals surface area contributed by atoms with E-state index in [1.54, 1.807) is 6.20 Å². The third kappa shape index (κ3) is 2.20. The molecule has 0 radical (unpaired) electrons. The number of pyridine rings is 1. The van der Waals surface area contributed by atoms with Crippen LogP contribution in [0.25, 0.3) is 0 Å². The van der Waals surface area contributed by atoms with Gasteiger partial charge in [-0.1, -0.05) is 0 Å². The third-order valence-electron chi connectivity index (χ3n) is 5.29. The summed E-state index contributed by atoms with van der Waals surface area (Å²) >= 11 is 0. The minimum absolute atomic E-state index is 0.0460. The number of ether oxygens (including phenoxy) is 1. The van der Waals surface area contributed by atoms with Crippen LogP contribution in [0.4, 0.5) is 0 Å². The van der Waals surface area contributed by atoms with Crippen molar-refractivity contribution < 1.29 is 9.53 Å². The first kappa shape index (κ1) is 13.1. The van der Waals surface area contributed by atoms with Crippen molar-refractivity contribution in [3.05, 3.63) is 23.5 Å². The van der Waals surface area contributed by atoms with Crippen LogP contribution in [-0.4, -0.2) is 47.6 Å². The maximum absolute atomic E-state index is 12.5. The second-order valence-corrected chi connectivity index (χ2v) is 6.39. The van der Waals surface area contributed by atoms with Crippen LogP contribution in [0.1, 0.15) is 35.8 Å². The van der Waals surface area contributed by atoms with Crippen molar-refractivity contribution in [1.29, 1.82) is 0 Å². The molecule has 5 nitrogen and oxygen atoms in total. The second kappa shape index (κ2) is 4.98. The van der Waals surface area contributed by atoms with Crippen molar-refractivity contribution in [3.63, 3.8) is 0 Å².